The van der Waals surface area contributed by atoms with Crippen molar-refractivity contribution in [2.45, 2.75) is 65.7 Å². The fraction of sp³-hybridized carbons (Fsp3) is 0.406. The first-order valence-corrected chi connectivity index (χ1v) is 14.6. The number of rotatable bonds is 8. The van der Waals surface area contributed by atoms with E-state index in [4.69, 9.17) is 16.6 Å². The highest BCUT2D eigenvalue weighted by molar-refractivity contribution is 6.34. The van der Waals surface area contributed by atoms with E-state index in [0.29, 0.717) is 24.3 Å². The standard InChI is InChI=1S/C32H38ClFN6O3/c1-9-18(5)29(27(35-8)17(3)4)40-31-21(14-22(33)28(36-31)26-23(34)12-11-13-24(26)41)30(37-32(40)43)38-15-19(6)39(20(7)16-38)25(42)10-2/h9-14,17,19-20,27,29,41H,2,8,15-16H2,1,3-7H3/b18-9-/t19-,20+,27-,29?/m0/s1. The maximum atomic E-state index is 15.1. The molecule has 1 aliphatic heterocycles. The van der Waals surface area contributed by atoms with Gasteiger partial charge in [-0.1, -0.05) is 49.7 Å². The third-order valence-electron chi connectivity index (χ3n) is 8.13. The van der Waals surface area contributed by atoms with Gasteiger partial charge in [-0.2, -0.15) is 4.98 Å². The lowest BCUT2D eigenvalue weighted by atomic mass is 9.91. The van der Waals surface area contributed by atoms with Gasteiger partial charge in [0.15, 0.2) is 0 Å². The van der Waals surface area contributed by atoms with Crippen LogP contribution in [-0.2, 0) is 4.79 Å². The molecule has 1 unspecified atom stereocenters. The average Bonchev–Trinajstić information content (AvgIpc) is 2.95. The van der Waals surface area contributed by atoms with Crippen molar-refractivity contribution in [3.05, 3.63) is 69.9 Å². The van der Waals surface area contributed by atoms with Crippen molar-refractivity contribution in [1.29, 1.82) is 0 Å². The molecule has 0 saturated carbocycles. The minimum Gasteiger partial charge on any atom is -0.507 e. The Hall–Kier alpha value is -4.05. The maximum absolute atomic E-state index is 15.1. The Kier molecular flexibility index (Phi) is 9.39. The molecule has 2 aromatic heterocycles. The molecule has 3 aromatic rings. The molecule has 4 atom stereocenters. The van der Waals surface area contributed by atoms with Gasteiger partial charge in [0.2, 0.25) is 5.91 Å². The summed E-state index contributed by atoms with van der Waals surface area (Å²) in [4.78, 5) is 44.1. The SMILES string of the molecule is C=CC(=O)N1[C@H](C)CN(c2nc(=O)n(C(/C(C)=C\C)[C@@H](N=C)C(C)C)c3nc(-c4c(O)cccc4F)c(Cl)cc23)C[C@@H]1C. The number of aromatic nitrogens is 3. The van der Waals surface area contributed by atoms with E-state index in [2.05, 4.69) is 23.3 Å². The van der Waals surface area contributed by atoms with Gasteiger partial charge in [-0.25, -0.2) is 14.2 Å². The minimum absolute atomic E-state index is 0.00131. The highest BCUT2D eigenvalue weighted by Crippen LogP contribution is 2.39. The number of anilines is 1. The molecule has 1 saturated heterocycles. The van der Waals surface area contributed by atoms with Gasteiger partial charge in [0.05, 0.1) is 33.7 Å². The summed E-state index contributed by atoms with van der Waals surface area (Å²) in [5.74, 6) is -0.871. The van der Waals surface area contributed by atoms with Crippen LogP contribution in [0.25, 0.3) is 22.3 Å². The molecule has 1 N–H and O–H groups in total. The third-order valence-corrected chi connectivity index (χ3v) is 8.41. The molecule has 11 heteroatoms. The zero-order valence-corrected chi connectivity index (χ0v) is 26.1. The second-order valence-electron chi connectivity index (χ2n) is 11.4. The number of carbonyl (C=O) groups excluding carboxylic acids is 1. The van der Waals surface area contributed by atoms with E-state index in [1.807, 2.05) is 52.5 Å². The zero-order chi connectivity index (χ0) is 31.7. The van der Waals surface area contributed by atoms with Crippen molar-refractivity contribution >= 4 is 41.1 Å². The summed E-state index contributed by atoms with van der Waals surface area (Å²) in [7, 11) is 0. The van der Waals surface area contributed by atoms with Crippen LogP contribution in [0.3, 0.4) is 0 Å². The van der Waals surface area contributed by atoms with Crippen LogP contribution in [0.5, 0.6) is 5.75 Å². The lowest BCUT2D eigenvalue weighted by Gasteiger charge is -2.44. The molecule has 0 spiro atoms. The van der Waals surface area contributed by atoms with Crippen molar-refractivity contribution in [3.8, 4) is 17.0 Å². The van der Waals surface area contributed by atoms with E-state index in [1.54, 1.807) is 11.0 Å². The normalized spacial score (nSPS) is 19.0. The smallest absolute Gasteiger partial charge is 0.351 e. The Morgan fingerprint density at radius 2 is 1.88 bits per heavy atom. The van der Waals surface area contributed by atoms with Gasteiger partial charge in [0, 0.05) is 25.2 Å². The molecular formula is C32H38ClFN6O3. The molecule has 43 heavy (non-hydrogen) atoms. The first kappa shape index (κ1) is 31.9. The number of pyridine rings is 1. The summed E-state index contributed by atoms with van der Waals surface area (Å²) in [5.41, 5.74) is 0.290. The van der Waals surface area contributed by atoms with Crippen molar-refractivity contribution in [1.82, 2.24) is 19.4 Å². The Morgan fingerprint density at radius 3 is 2.42 bits per heavy atom. The van der Waals surface area contributed by atoms with Crippen LogP contribution in [0, 0.1) is 11.7 Å². The summed E-state index contributed by atoms with van der Waals surface area (Å²) in [6.45, 7) is 19.8. The number of hydrogen-bond acceptors (Lipinski definition) is 7. The van der Waals surface area contributed by atoms with E-state index < -0.39 is 23.6 Å². The highest BCUT2D eigenvalue weighted by Gasteiger charge is 2.35. The molecule has 1 amide bonds. The van der Waals surface area contributed by atoms with Gasteiger partial charge < -0.3 is 14.9 Å². The Morgan fingerprint density at radius 1 is 1.23 bits per heavy atom. The number of benzene rings is 1. The van der Waals surface area contributed by atoms with Gasteiger partial charge in [0.1, 0.15) is 23.0 Å². The lowest BCUT2D eigenvalue weighted by molar-refractivity contribution is -0.130. The number of hydrogen-bond donors (Lipinski definition) is 1. The molecule has 1 aromatic carbocycles. The number of carbonyl (C=O) groups is 1. The highest BCUT2D eigenvalue weighted by atomic mass is 35.5. The zero-order valence-electron chi connectivity index (χ0n) is 25.4. The number of phenolic OH excluding ortho intramolecular Hbond substituents is 1. The van der Waals surface area contributed by atoms with E-state index in [0.717, 1.165) is 5.57 Å². The number of amides is 1. The Bertz CT molecular complexity index is 1640. The number of phenols is 1. The molecule has 1 aliphatic rings. The van der Waals surface area contributed by atoms with Crippen molar-refractivity contribution in [3.63, 3.8) is 0 Å². The molecule has 0 aliphatic carbocycles. The molecule has 228 valence electrons. The van der Waals surface area contributed by atoms with Crippen LogP contribution in [0.4, 0.5) is 10.2 Å². The quantitative estimate of drug-likeness (QED) is 0.197. The number of halogens is 2. The van der Waals surface area contributed by atoms with E-state index >= 15 is 4.39 Å². The van der Waals surface area contributed by atoms with Crippen molar-refractivity contribution < 1.29 is 14.3 Å². The minimum atomic E-state index is -0.711. The van der Waals surface area contributed by atoms with E-state index in [9.17, 15) is 14.7 Å². The molecule has 9 nitrogen and oxygen atoms in total. The first-order chi connectivity index (χ1) is 20.4. The number of fused-ring (bicyclic) bond motifs is 1. The monoisotopic (exact) mass is 608 g/mol. The Labute approximate surface area is 256 Å². The summed E-state index contributed by atoms with van der Waals surface area (Å²) in [6.07, 6.45) is 3.19. The van der Waals surface area contributed by atoms with Crippen LogP contribution < -0.4 is 10.6 Å². The van der Waals surface area contributed by atoms with Gasteiger partial charge in [-0.3, -0.25) is 14.4 Å². The summed E-state index contributed by atoms with van der Waals surface area (Å²) < 4.78 is 16.6. The number of nitrogens with zero attached hydrogens (tertiary/aromatic N) is 6. The molecule has 1 fully saturated rings. The van der Waals surface area contributed by atoms with Crippen LogP contribution in [0.15, 0.2) is 58.4 Å². The summed E-state index contributed by atoms with van der Waals surface area (Å²) in [5, 5.41) is 11.1. The maximum Gasteiger partial charge on any atom is 0.351 e. The second-order valence-corrected chi connectivity index (χ2v) is 11.8. The van der Waals surface area contributed by atoms with Crippen LogP contribution in [-0.4, -0.2) is 68.4 Å². The van der Waals surface area contributed by atoms with Gasteiger partial charge in [-0.15, -0.1) is 0 Å². The molecule has 0 bridgehead atoms. The van der Waals surface area contributed by atoms with Gasteiger partial charge >= 0.3 is 5.69 Å². The fourth-order valence-corrected chi connectivity index (χ4v) is 6.29. The Balaban J connectivity index is 2.08. The number of allylic oxidation sites excluding steroid dienone is 1. The summed E-state index contributed by atoms with van der Waals surface area (Å²) in [6, 6.07) is 4.11. The molecular weight excluding hydrogens is 571 g/mol. The largest absolute Gasteiger partial charge is 0.507 e. The topological polar surface area (TPSA) is 104 Å². The number of piperazine rings is 1. The van der Waals surface area contributed by atoms with Gasteiger partial charge in [0.25, 0.3) is 0 Å². The van der Waals surface area contributed by atoms with E-state index in [-0.39, 0.29) is 51.6 Å². The van der Waals surface area contributed by atoms with Crippen LogP contribution >= 0.6 is 11.6 Å². The van der Waals surface area contributed by atoms with Gasteiger partial charge in [-0.05, 0) is 64.6 Å². The first-order valence-electron chi connectivity index (χ1n) is 14.2. The molecule has 0 radical (unpaired) electrons. The van der Waals surface area contributed by atoms with Crippen molar-refractivity contribution in [2.24, 2.45) is 10.9 Å². The molecule has 3 heterocycles. The van der Waals surface area contributed by atoms with Crippen LogP contribution in [0.1, 0.15) is 47.6 Å². The van der Waals surface area contributed by atoms with Crippen LogP contribution in [0.2, 0.25) is 5.02 Å². The number of aliphatic imine (C=N–C) groups is 1. The van der Waals surface area contributed by atoms with Crippen molar-refractivity contribution in [2.75, 3.05) is 18.0 Å². The van der Waals surface area contributed by atoms with E-state index in [1.165, 1.54) is 28.8 Å². The number of aromatic hydroxyl groups is 1. The summed E-state index contributed by atoms with van der Waals surface area (Å²) >= 11 is 6.76. The average molecular weight is 609 g/mol. The fourth-order valence-electron chi connectivity index (χ4n) is 6.04. The third kappa shape index (κ3) is 5.80. The molecule has 4 rings (SSSR count). The second kappa shape index (κ2) is 12.7. The lowest BCUT2D eigenvalue weighted by Crippen LogP contribution is -2.58. The predicted molar refractivity (Wildman–Crippen MR) is 171 cm³/mol. The predicted octanol–water partition coefficient (Wildman–Crippen LogP) is 5.80.